The fraction of sp³-hybridized carbons (Fsp3) is 0.588. The van der Waals surface area contributed by atoms with Crippen molar-refractivity contribution in [1.82, 2.24) is 10.6 Å². The molecule has 1 aromatic rings. The first-order valence-electron chi connectivity index (χ1n) is 8.08. The van der Waals surface area contributed by atoms with Gasteiger partial charge in [-0.15, -0.1) is 0 Å². The first kappa shape index (κ1) is 19.5. The molecule has 0 spiro atoms. The second-order valence-corrected chi connectivity index (χ2v) is 6.76. The van der Waals surface area contributed by atoms with E-state index in [-0.39, 0.29) is 24.7 Å². The molecule has 3 atom stereocenters. The van der Waals surface area contributed by atoms with Crippen LogP contribution in [-0.4, -0.2) is 45.0 Å². The largest absolute Gasteiger partial charge is 0.356 e. The van der Waals surface area contributed by atoms with E-state index in [2.05, 4.69) is 10.6 Å². The third-order valence-corrected chi connectivity index (χ3v) is 4.92. The summed E-state index contributed by atoms with van der Waals surface area (Å²) in [5.74, 6) is -0.0438. The zero-order valence-corrected chi connectivity index (χ0v) is 15.5. The molecule has 2 rings (SSSR count). The molecule has 24 heavy (non-hydrogen) atoms. The van der Waals surface area contributed by atoms with Crippen LogP contribution in [0.25, 0.3) is 0 Å². The Morgan fingerprint density at radius 2 is 2.12 bits per heavy atom. The van der Waals surface area contributed by atoms with E-state index in [9.17, 15) is 4.79 Å². The van der Waals surface area contributed by atoms with Crippen molar-refractivity contribution in [3.63, 3.8) is 0 Å². The number of carbonyl (C=O) groups excluding carboxylic acids is 1. The molecule has 1 heterocycles. The fourth-order valence-electron chi connectivity index (χ4n) is 2.82. The summed E-state index contributed by atoms with van der Waals surface area (Å²) in [4.78, 5) is 12.0. The van der Waals surface area contributed by atoms with Gasteiger partial charge < -0.3 is 20.1 Å². The number of hydrogen-bond acceptors (Lipinski definition) is 4. The van der Waals surface area contributed by atoms with Crippen LogP contribution in [0.5, 0.6) is 0 Å². The Morgan fingerprint density at radius 3 is 2.79 bits per heavy atom. The molecule has 5 nitrogen and oxygen atoms in total. The molecule has 1 amide bonds. The number of ether oxygens (including phenoxy) is 2. The zero-order chi connectivity index (χ0) is 17.5. The lowest BCUT2D eigenvalue weighted by Crippen LogP contribution is -2.43. The van der Waals surface area contributed by atoms with Gasteiger partial charge >= 0.3 is 0 Å². The van der Waals surface area contributed by atoms with Crippen molar-refractivity contribution in [1.29, 1.82) is 0 Å². The Balaban J connectivity index is 1.74. The van der Waals surface area contributed by atoms with Crippen LogP contribution < -0.4 is 10.6 Å². The van der Waals surface area contributed by atoms with E-state index in [1.807, 2.05) is 7.05 Å². The average molecular weight is 375 g/mol. The fourth-order valence-corrected chi connectivity index (χ4v) is 3.14. The zero-order valence-electron chi connectivity index (χ0n) is 14.0. The van der Waals surface area contributed by atoms with Crippen LogP contribution in [0.4, 0.5) is 0 Å². The second kappa shape index (κ2) is 9.59. The van der Waals surface area contributed by atoms with Crippen LogP contribution >= 0.6 is 23.2 Å². The number of rotatable bonds is 7. The van der Waals surface area contributed by atoms with Gasteiger partial charge in [0.1, 0.15) is 0 Å². The Morgan fingerprint density at radius 1 is 1.33 bits per heavy atom. The highest BCUT2D eigenvalue weighted by Gasteiger charge is 2.28. The van der Waals surface area contributed by atoms with Gasteiger partial charge in [0.05, 0.1) is 22.6 Å². The van der Waals surface area contributed by atoms with Crippen molar-refractivity contribution in [2.24, 2.45) is 0 Å². The van der Waals surface area contributed by atoms with Gasteiger partial charge in [-0.25, -0.2) is 0 Å². The predicted octanol–water partition coefficient (Wildman–Crippen LogP) is 2.78. The molecule has 0 aromatic heterocycles. The first-order valence-corrected chi connectivity index (χ1v) is 8.83. The highest BCUT2D eigenvalue weighted by atomic mass is 35.5. The van der Waals surface area contributed by atoms with E-state index < -0.39 is 0 Å². The molecular formula is C17H24Cl2N2O3. The van der Waals surface area contributed by atoms with Crippen molar-refractivity contribution < 1.29 is 14.3 Å². The molecule has 1 saturated heterocycles. The minimum absolute atomic E-state index is 0.0438. The number of benzene rings is 1. The van der Waals surface area contributed by atoms with Crippen LogP contribution in [0, 0.1) is 0 Å². The Hall–Kier alpha value is -0.850. The average Bonchev–Trinajstić information content (AvgIpc) is 2.57. The molecule has 0 radical (unpaired) electrons. The number of carbonyl (C=O) groups is 1. The monoisotopic (exact) mass is 374 g/mol. The van der Waals surface area contributed by atoms with Gasteiger partial charge in [0.25, 0.3) is 0 Å². The summed E-state index contributed by atoms with van der Waals surface area (Å²) in [5, 5.41) is 7.14. The van der Waals surface area contributed by atoms with Crippen LogP contribution in [0.1, 0.15) is 24.8 Å². The lowest BCUT2D eigenvalue weighted by Gasteiger charge is -2.34. The summed E-state index contributed by atoms with van der Waals surface area (Å²) >= 11 is 11.8. The molecule has 134 valence electrons. The molecule has 1 fully saturated rings. The van der Waals surface area contributed by atoms with Gasteiger partial charge in [0, 0.05) is 26.1 Å². The molecule has 1 aliphatic heterocycles. The van der Waals surface area contributed by atoms with Gasteiger partial charge in [0.15, 0.2) is 6.29 Å². The predicted molar refractivity (Wildman–Crippen MR) is 95.5 cm³/mol. The number of hydrogen-bond donors (Lipinski definition) is 2. The first-order chi connectivity index (χ1) is 11.5. The topological polar surface area (TPSA) is 59.6 Å². The lowest BCUT2D eigenvalue weighted by molar-refractivity contribution is -0.187. The van der Waals surface area contributed by atoms with E-state index in [1.165, 1.54) is 0 Å². The number of nitrogens with one attached hydrogen (secondary N) is 2. The minimum atomic E-state index is -0.187. The quantitative estimate of drug-likeness (QED) is 0.770. The third kappa shape index (κ3) is 5.90. The number of methoxy groups -OCH3 is 1. The van der Waals surface area contributed by atoms with Crippen molar-refractivity contribution in [3.05, 3.63) is 33.8 Å². The van der Waals surface area contributed by atoms with E-state index in [0.717, 1.165) is 24.8 Å². The maximum Gasteiger partial charge on any atom is 0.224 e. The van der Waals surface area contributed by atoms with Crippen molar-refractivity contribution in [2.45, 2.75) is 44.1 Å². The Labute approximate surface area is 153 Å². The minimum Gasteiger partial charge on any atom is -0.356 e. The Bertz CT molecular complexity index is 545. The van der Waals surface area contributed by atoms with Gasteiger partial charge in [-0.05, 0) is 37.6 Å². The molecule has 7 heteroatoms. The normalized spacial score (nSPS) is 23.9. The molecule has 2 N–H and O–H groups in total. The van der Waals surface area contributed by atoms with Crippen molar-refractivity contribution >= 4 is 29.1 Å². The van der Waals surface area contributed by atoms with E-state index in [0.29, 0.717) is 22.6 Å². The number of amides is 1. The summed E-state index contributed by atoms with van der Waals surface area (Å²) in [7, 11) is 3.59. The van der Waals surface area contributed by atoms with Crippen LogP contribution in [0.3, 0.4) is 0 Å². The number of halogens is 2. The molecule has 0 aliphatic carbocycles. The maximum atomic E-state index is 12.0. The molecule has 0 bridgehead atoms. The standard InChI is InChI=1S/C17H24Cl2N2O3/c1-20-12-9-13(24-17(10-12)23-2)5-6-21-16(22)8-11-3-4-14(18)15(19)7-11/h3-4,7,12-13,17,20H,5-6,8-10H2,1-2H3,(H,21,22)/t12-,13+,17?/m0/s1. The molecule has 1 unspecified atom stereocenters. The summed E-state index contributed by atoms with van der Waals surface area (Å²) in [5.41, 5.74) is 0.838. The SMILES string of the molecule is CN[C@@H]1CC(OC)O[C@H](CCNC(=O)Cc2ccc(Cl)c(Cl)c2)C1. The Kier molecular flexibility index (Phi) is 7.78. The van der Waals surface area contributed by atoms with Gasteiger partial charge in [-0.2, -0.15) is 0 Å². The highest BCUT2D eigenvalue weighted by Crippen LogP contribution is 2.23. The summed E-state index contributed by atoms with van der Waals surface area (Å²) < 4.78 is 11.2. The van der Waals surface area contributed by atoms with Crippen LogP contribution in [-0.2, 0) is 20.7 Å². The highest BCUT2D eigenvalue weighted by molar-refractivity contribution is 6.42. The van der Waals surface area contributed by atoms with Crippen LogP contribution in [0.2, 0.25) is 10.0 Å². The lowest BCUT2D eigenvalue weighted by atomic mass is 10.0. The van der Waals surface area contributed by atoms with Crippen molar-refractivity contribution in [3.8, 4) is 0 Å². The van der Waals surface area contributed by atoms with E-state index >= 15 is 0 Å². The van der Waals surface area contributed by atoms with E-state index in [4.69, 9.17) is 32.7 Å². The second-order valence-electron chi connectivity index (χ2n) is 5.94. The van der Waals surface area contributed by atoms with E-state index in [1.54, 1.807) is 25.3 Å². The molecule has 1 aliphatic rings. The van der Waals surface area contributed by atoms with Gasteiger partial charge in [0.2, 0.25) is 5.91 Å². The molecule has 0 saturated carbocycles. The smallest absolute Gasteiger partial charge is 0.224 e. The van der Waals surface area contributed by atoms with Gasteiger partial charge in [-0.3, -0.25) is 4.79 Å². The third-order valence-electron chi connectivity index (χ3n) is 4.18. The van der Waals surface area contributed by atoms with Crippen LogP contribution in [0.15, 0.2) is 18.2 Å². The molecular weight excluding hydrogens is 351 g/mol. The van der Waals surface area contributed by atoms with Gasteiger partial charge in [-0.1, -0.05) is 29.3 Å². The summed E-state index contributed by atoms with van der Waals surface area (Å²) in [6.45, 7) is 0.567. The summed E-state index contributed by atoms with van der Waals surface area (Å²) in [6, 6.07) is 5.60. The molecule has 1 aromatic carbocycles. The maximum absolute atomic E-state index is 12.0. The van der Waals surface area contributed by atoms with Crippen molar-refractivity contribution in [2.75, 3.05) is 20.7 Å². The summed E-state index contributed by atoms with van der Waals surface area (Å²) in [6.07, 6.45) is 2.68.